The topological polar surface area (TPSA) is 6.48 Å². The Hall–Kier alpha value is -8.46. The smallest absolute Gasteiger partial charge is 0.0508 e. The molecule has 2 aliphatic heterocycles. The summed E-state index contributed by atoms with van der Waals surface area (Å²) in [6, 6.07) is 86.7. The highest BCUT2D eigenvalue weighted by Gasteiger charge is 2.42. The first-order valence-electron chi connectivity index (χ1n) is 25.9. The molecular formula is C71H56N2. The summed E-state index contributed by atoms with van der Waals surface area (Å²) in [5.41, 5.74) is 24.7. The Morgan fingerprint density at radius 3 is 1.14 bits per heavy atom. The van der Waals surface area contributed by atoms with Crippen LogP contribution in [0, 0.1) is 0 Å². The van der Waals surface area contributed by atoms with Crippen molar-refractivity contribution in [3.8, 4) is 44.5 Å². The second-order valence-electron chi connectivity index (χ2n) is 22.0. The van der Waals surface area contributed by atoms with E-state index < -0.39 is 0 Å². The molecule has 0 aromatic heterocycles. The van der Waals surface area contributed by atoms with Crippen LogP contribution in [0.4, 0.5) is 34.1 Å². The summed E-state index contributed by atoms with van der Waals surface area (Å²) >= 11 is 0. The van der Waals surface area contributed by atoms with Crippen LogP contribution in [-0.4, -0.2) is 0 Å². The summed E-state index contributed by atoms with van der Waals surface area (Å²) in [5.74, 6) is 0. The fraction of sp³-hybridized carbons (Fsp3) is 0.127. The Kier molecular flexibility index (Phi) is 9.36. The van der Waals surface area contributed by atoms with Gasteiger partial charge in [0.15, 0.2) is 0 Å². The van der Waals surface area contributed by atoms with E-state index in [1.54, 1.807) is 0 Å². The van der Waals surface area contributed by atoms with Gasteiger partial charge in [0.2, 0.25) is 0 Å². The Morgan fingerprint density at radius 1 is 0.247 bits per heavy atom. The van der Waals surface area contributed by atoms with Crippen LogP contribution < -0.4 is 9.80 Å². The quantitative estimate of drug-likeness (QED) is 0.159. The highest BCUT2D eigenvalue weighted by Crippen LogP contribution is 2.59. The summed E-state index contributed by atoms with van der Waals surface area (Å²) in [6.07, 6.45) is 0. The molecule has 14 rings (SSSR count). The maximum absolute atomic E-state index is 2.55. The highest BCUT2D eigenvalue weighted by molar-refractivity contribution is 6.21. The third kappa shape index (κ3) is 6.10. The van der Waals surface area contributed by atoms with Crippen LogP contribution in [0.2, 0.25) is 0 Å². The zero-order valence-corrected chi connectivity index (χ0v) is 42.3. The molecule has 2 heterocycles. The molecule has 1 aliphatic carbocycles. The van der Waals surface area contributed by atoms with Crippen LogP contribution in [0.1, 0.15) is 74.9 Å². The van der Waals surface area contributed by atoms with Crippen molar-refractivity contribution in [2.45, 2.75) is 57.8 Å². The van der Waals surface area contributed by atoms with Crippen LogP contribution in [0.25, 0.3) is 66.1 Å². The van der Waals surface area contributed by atoms with E-state index in [1.165, 1.54) is 122 Å². The van der Waals surface area contributed by atoms with Gasteiger partial charge in [0, 0.05) is 27.6 Å². The fourth-order valence-electron chi connectivity index (χ4n) is 13.7. The fourth-order valence-corrected chi connectivity index (χ4v) is 13.7. The standard InChI is InChI=1S/C71H56N2/c1-69(2)57-36-14-13-28-53(57)66-54(35-21-39-60(66)69)65-49-31-19-29-47(51-33-22-42-63-67(51)70(3,4)58-37-15-17-40-61(58)72(63)45-24-9-7-10-25-45)55(49)44-56-48(30-20-32-50(56)65)52-34-23-43-64-68(52)71(5,6)59-38-16-18-41-62(59)73(64)46-26-11-8-12-27-46/h7-44H,1-6H3. The zero-order valence-electron chi connectivity index (χ0n) is 42.3. The van der Waals surface area contributed by atoms with Crippen LogP contribution in [0.5, 0.6) is 0 Å². The lowest BCUT2D eigenvalue weighted by Gasteiger charge is -2.43. The molecule has 3 aliphatic rings. The lowest BCUT2D eigenvalue weighted by Crippen LogP contribution is -2.31. The number of hydrogen-bond acceptors (Lipinski definition) is 2. The number of anilines is 6. The first kappa shape index (κ1) is 43.3. The minimum atomic E-state index is -0.314. The van der Waals surface area contributed by atoms with Crippen LogP contribution in [0.15, 0.2) is 231 Å². The summed E-state index contributed by atoms with van der Waals surface area (Å²) < 4.78 is 0. The Labute approximate surface area is 429 Å². The van der Waals surface area contributed by atoms with Crippen LogP contribution in [-0.2, 0) is 16.2 Å². The van der Waals surface area contributed by atoms with Crippen molar-refractivity contribution in [2.24, 2.45) is 0 Å². The van der Waals surface area contributed by atoms with Crippen molar-refractivity contribution in [1.82, 2.24) is 0 Å². The van der Waals surface area contributed by atoms with Gasteiger partial charge in [-0.3, -0.25) is 0 Å². The molecule has 0 radical (unpaired) electrons. The van der Waals surface area contributed by atoms with Gasteiger partial charge in [0.05, 0.1) is 22.7 Å². The van der Waals surface area contributed by atoms with E-state index in [4.69, 9.17) is 0 Å². The van der Waals surface area contributed by atoms with Crippen molar-refractivity contribution in [3.05, 3.63) is 264 Å². The average molecular weight is 937 g/mol. The molecule has 0 atom stereocenters. The molecule has 350 valence electrons. The second kappa shape index (κ2) is 15.8. The summed E-state index contributed by atoms with van der Waals surface area (Å²) in [7, 11) is 0. The molecular weight excluding hydrogens is 881 g/mol. The predicted octanol–water partition coefficient (Wildman–Crippen LogP) is 19.5. The normalized spacial score (nSPS) is 15.3. The van der Waals surface area contributed by atoms with E-state index in [-0.39, 0.29) is 16.2 Å². The molecule has 0 unspecified atom stereocenters. The molecule has 11 aromatic rings. The van der Waals surface area contributed by atoms with E-state index in [2.05, 4.69) is 282 Å². The predicted molar refractivity (Wildman–Crippen MR) is 309 cm³/mol. The van der Waals surface area contributed by atoms with Gasteiger partial charge in [0.25, 0.3) is 0 Å². The lowest BCUT2D eigenvalue weighted by atomic mass is 9.70. The minimum absolute atomic E-state index is 0.149. The van der Waals surface area contributed by atoms with Gasteiger partial charge in [0.1, 0.15) is 0 Å². The second-order valence-corrected chi connectivity index (χ2v) is 22.0. The largest absolute Gasteiger partial charge is 0.310 e. The molecule has 2 heteroatoms. The third-order valence-corrected chi connectivity index (χ3v) is 17.0. The average Bonchev–Trinajstić information content (AvgIpc) is 3.66. The Bertz CT molecular complexity index is 3850. The van der Waals surface area contributed by atoms with Gasteiger partial charge in [-0.1, -0.05) is 217 Å². The van der Waals surface area contributed by atoms with Crippen LogP contribution >= 0.6 is 0 Å². The number of para-hydroxylation sites is 4. The number of rotatable bonds is 5. The van der Waals surface area contributed by atoms with Crippen molar-refractivity contribution >= 4 is 55.7 Å². The summed E-state index contributed by atoms with van der Waals surface area (Å²) in [5, 5.41) is 5.00. The van der Waals surface area contributed by atoms with Crippen molar-refractivity contribution in [3.63, 3.8) is 0 Å². The van der Waals surface area contributed by atoms with Gasteiger partial charge in [-0.05, 0) is 154 Å². The molecule has 0 saturated carbocycles. The summed E-state index contributed by atoms with van der Waals surface area (Å²) in [4.78, 5) is 4.96. The van der Waals surface area contributed by atoms with Gasteiger partial charge >= 0.3 is 0 Å². The number of hydrogen-bond donors (Lipinski definition) is 0. The lowest BCUT2D eigenvalue weighted by molar-refractivity contribution is 0.633. The van der Waals surface area contributed by atoms with Crippen molar-refractivity contribution in [1.29, 1.82) is 0 Å². The first-order valence-corrected chi connectivity index (χ1v) is 25.9. The van der Waals surface area contributed by atoms with Crippen molar-refractivity contribution in [2.75, 3.05) is 9.80 Å². The Balaban J connectivity index is 1.10. The molecule has 2 nitrogen and oxygen atoms in total. The minimum Gasteiger partial charge on any atom is -0.310 e. The number of fused-ring (bicyclic) bond motifs is 9. The molecule has 0 saturated heterocycles. The van der Waals surface area contributed by atoms with Crippen molar-refractivity contribution < 1.29 is 0 Å². The highest BCUT2D eigenvalue weighted by atomic mass is 15.2. The van der Waals surface area contributed by atoms with Gasteiger partial charge in [-0.2, -0.15) is 0 Å². The molecule has 0 N–H and O–H groups in total. The zero-order chi connectivity index (χ0) is 49.4. The summed E-state index contributed by atoms with van der Waals surface area (Å²) in [6.45, 7) is 14.5. The van der Waals surface area contributed by atoms with E-state index in [0.717, 1.165) is 11.4 Å². The first-order chi connectivity index (χ1) is 35.5. The maximum atomic E-state index is 2.55. The molecule has 11 aromatic carbocycles. The molecule has 73 heavy (non-hydrogen) atoms. The maximum Gasteiger partial charge on any atom is 0.0508 e. The molecule has 0 spiro atoms. The molecule has 0 bridgehead atoms. The Morgan fingerprint density at radius 2 is 0.616 bits per heavy atom. The third-order valence-electron chi connectivity index (χ3n) is 17.0. The number of benzene rings is 11. The monoisotopic (exact) mass is 936 g/mol. The van der Waals surface area contributed by atoms with E-state index in [9.17, 15) is 0 Å². The van der Waals surface area contributed by atoms with Crippen LogP contribution in [0.3, 0.4) is 0 Å². The van der Waals surface area contributed by atoms with Gasteiger partial charge < -0.3 is 9.80 Å². The molecule has 0 fully saturated rings. The van der Waals surface area contributed by atoms with Gasteiger partial charge in [-0.15, -0.1) is 0 Å². The van der Waals surface area contributed by atoms with E-state index in [0.29, 0.717) is 0 Å². The SMILES string of the molecule is CC1(C)c2ccccc2-c2c(-c3c4cccc(-c5cccc6c5C(C)(C)c5ccccc5N6c5ccccc5)c4cc4c(-c5cccc6c5C(C)(C)c5ccccc5N6c5ccccc5)cccc34)cccc21. The number of nitrogens with zero attached hydrogens (tertiary/aromatic N) is 2. The van der Waals surface area contributed by atoms with E-state index >= 15 is 0 Å². The van der Waals surface area contributed by atoms with E-state index in [1.807, 2.05) is 0 Å². The van der Waals surface area contributed by atoms with Gasteiger partial charge in [-0.25, -0.2) is 0 Å². The molecule has 0 amide bonds.